The number of nitrogens with one attached hydrogen (secondary N) is 1. The first-order valence-corrected chi connectivity index (χ1v) is 13.2. The maximum Gasteiger partial charge on any atom is 0.245 e. The molecule has 0 atom stereocenters. The molecule has 0 radical (unpaired) electrons. The Hall–Kier alpha value is -3.83. The van der Waals surface area contributed by atoms with Crippen molar-refractivity contribution in [3.63, 3.8) is 0 Å². The molecule has 3 aromatic carbocycles. The molecular formula is C33H40N2O3. The predicted molar refractivity (Wildman–Crippen MR) is 157 cm³/mol. The van der Waals surface area contributed by atoms with E-state index in [9.17, 15) is 9.90 Å². The molecule has 0 aliphatic heterocycles. The fraction of sp³-hybridized carbons (Fsp3) is 0.303. The van der Waals surface area contributed by atoms with Gasteiger partial charge >= 0.3 is 0 Å². The second-order valence-corrected chi connectivity index (χ2v) is 9.74. The number of likely N-dealkylation sites (N-methyl/N-ethyl adjacent to an activating group) is 1. The van der Waals surface area contributed by atoms with Crippen molar-refractivity contribution < 1.29 is 14.6 Å². The molecule has 0 bridgehead atoms. The van der Waals surface area contributed by atoms with E-state index in [2.05, 4.69) is 62.5 Å². The predicted octanol–water partition coefficient (Wildman–Crippen LogP) is 6.50. The number of aromatic hydroxyl groups is 1. The average Bonchev–Trinajstić information content (AvgIpc) is 2.92. The number of amides is 1. The molecule has 0 fully saturated rings. The normalized spacial score (nSPS) is 12.1. The quantitative estimate of drug-likeness (QED) is 0.165. The highest BCUT2D eigenvalue weighted by Crippen LogP contribution is 2.36. The number of benzene rings is 3. The Labute approximate surface area is 227 Å². The number of hydrogen-bond acceptors (Lipinski definition) is 4. The number of ether oxygens (including phenoxy) is 1. The summed E-state index contributed by atoms with van der Waals surface area (Å²) in [5.41, 5.74) is 7.09. The smallest absolute Gasteiger partial charge is 0.245 e. The zero-order valence-corrected chi connectivity index (χ0v) is 23.2. The molecule has 3 aromatic rings. The van der Waals surface area contributed by atoms with Crippen LogP contribution in [0.4, 0.5) is 0 Å². The highest BCUT2D eigenvalue weighted by molar-refractivity contribution is 5.98. The van der Waals surface area contributed by atoms with Gasteiger partial charge in [0.15, 0.2) is 0 Å². The monoisotopic (exact) mass is 512 g/mol. The molecular weight excluding hydrogens is 472 g/mol. The van der Waals surface area contributed by atoms with Crippen LogP contribution in [0.25, 0.3) is 11.1 Å². The number of carbonyl (C=O) groups is 1. The van der Waals surface area contributed by atoms with Gasteiger partial charge in [0, 0.05) is 33.3 Å². The SMILES string of the molecule is CCC(=C(c1ccc(O)cc1)c1ccc(OCCNCC=CC(=O)N(C)C)cc1)c1ccc(C(C)C)cc1. The minimum Gasteiger partial charge on any atom is -0.508 e. The summed E-state index contributed by atoms with van der Waals surface area (Å²) in [7, 11) is 3.46. The Morgan fingerprint density at radius 3 is 2.05 bits per heavy atom. The molecule has 38 heavy (non-hydrogen) atoms. The molecule has 200 valence electrons. The number of rotatable bonds is 12. The van der Waals surface area contributed by atoms with E-state index in [1.165, 1.54) is 21.6 Å². The Morgan fingerprint density at radius 2 is 1.50 bits per heavy atom. The topological polar surface area (TPSA) is 61.8 Å². The third-order valence-corrected chi connectivity index (χ3v) is 6.39. The molecule has 1 amide bonds. The molecule has 0 heterocycles. The van der Waals surface area contributed by atoms with Gasteiger partial charge < -0.3 is 20.1 Å². The summed E-state index contributed by atoms with van der Waals surface area (Å²) in [6, 6.07) is 24.5. The highest BCUT2D eigenvalue weighted by atomic mass is 16.5. The van der Waals surface area contributed by atoms with Crippen LogP contribution in [-0.4, -0.2) is 49.7 Å². The molecule has 2 N–H and O–H groups in total. The number of phenolic OH excluding ortho intramolecular Hbond substituents is 1. The van der Waals surface area contributed by atoms with Gasteiger partial charge in [0.2, 0.25) is 5.91 Å². The number of hydrogen-bond donors (Lipinski definition) is 2. The van der Waals surface area contributed by atoms with E-state index in [0.29, 0.717) is 25.6 Å². The molecule has 5 heteroatoms. The summed E-state index contributed by atoms with van der Waals surface area (Å²) < 4.78 is 5.92. The van der Waals surface area contributed by atoms with Crippen LogP contribution in [0, 0.1) is 0 Å². The van der Waals surface area contributed by atoms with E-state index in [0.717, 1.165) is 28.9 Å². The van der Waals surface area contributed by atoms with E-state index >= 15 is 0 Å². The zero-order valence-electron chi connectivity index (χ0n) is 23.2. The summed E-state index contributed by atoms with van der Waals surface area (Å²) in [5, 5.41) is 13.1. The van der Waals surface area contributed by atoms with E-state index in [1.807, 2.05) is 30.3 Å². The van der Waals surface area contributed by atoms with Crippen molar-refractivity contribution in [1.82, 2.24) is 10.2 Å². The number of carbonyl (C=O) groups excluding carboxylic acids is 1. The van der Waals surface area contributed by atoms with Crippen LogP contribution < -0.4 is 10.1 Å². The van der Waals surface area contributed by atoms with Crippen LogP contribution in [0.2, 0.25) is 0 Å². The van der Waals surface area contributed by atoms with Gasteiger partial charge in [-0.05, 0) is 70.0 Å². The second-order valence-electron chi connectivity index (χ2n) is 9.74. The molecule has 0 aliphatic rings. The van der Waals surface area contributed by atoms with E-state index < -0.39 is 0 Å². The lowest BCUT2D eigenvalue weighted by Crippen LogP contribution is -2.22. The summed E-state index contributed by atoms with van der Waals surface area (Å²) >= 11 is 0. The molecule has 0 spiro atoms. The minimum atomic E-state index is -0.0253. The summed E-state index contributed by atoms with van der Waals surface area (Å²) in [6.07, 6.45) is 4.25. The van der Waals surface area contributed by atoms with Gasteiger partial charge in [-0.15, -0.1) is 0 Å². The molecule has 0 unspecified atom stereocenters. The van der Waals surface area contributed by atoms with Crippen molar-refractivity contribution in [3.8, 4) is 11.5 Å². The van der Waals surface area contributed by atoms with Crippen molar-refractivity contribution in [2.45, 2.75) is 33.1 Å². The minimum absolute atomic E-state index is 0.0253. The number of phenols is 1. The third-order valence-electron chi connectivity index (χ3n) is 6.39. The van der Waals surface area contributed by atoms with Gasteiger partial charge in [-0.1, -0.05) is 75.4 Å². The van der Waals surface area contributed by atoms with E-state index in [-0.39, 0.29) is 11.7 Å². The zero-order chi connectivity index (χ0) is 27.5. The molecule has 0 saturated carbocycles. The van der Waals surface area contributed by atoms with Crippen LogP contribution in [-0.2, 0) is 4.79 Å². The largest absolute Gasteiger partial charge is 0.508 e. The van der Waals surface area contributed by atoms with Gasteiger partial charge in [-0.25, -0.2) is 0 Å². The second kappa shape index (κ2) is 14.2. The first-order chi connectivity index (χ1) is 18.3. The molecule has 0 aromatic heterocycles. The highest BCUT2D eigenvalue weighted by Gasteiger charge is 2.14. The van der Waals surface area contributed by atoms with E-state index in [1.54, 1.807) is 32.3 Å². The summed E-state index contributed by atoms with van der Waals surface area (Å²) in [6.45, 7) is 8.41. The van der Waals surface area contributed by atoms with E-state index in [4.69, 9.17) is 4.74 Å². The first kappa shape index (κ1) is 28.7. The molecule has 0 saturated heterocycles. The van der Waals surface area contributed by atoms with Crippen molar-refractivity contribution in [1.29, 1.82) is 0 Å². The van der Waals surface area contributed by atoms with Gasteiger partial charge in [-0.3, -0.25) is 4.79 Å². The van der Waals surface area contributed by atoms with Crippen LogP contribution in [0.5, 0.6) is 11.5 Å². The first-order valence-electron chi connectivity index (χ1n) is 13.2. The number of allylic oxidation sites excluding steroid dienone is 1. The number of nitrogens with zero attached hydrogens (tertiary/aromatic N) is 1. The van der Waals surface area contributed by atoms with Crippen LogP contribution in [0.1, 0.15) is 55.4 Å². The Bertz CT molecular complexity index is 1220. The van der Waals surface area contributed by atoms with Gasteiger partial charge in [0.05, 0.1) is 0 Å². The lowest BCUT2D eigenvalue weighted by molar-refractivity contribution is -0.123. The Kier molecular flexibility index (Phi) is 10.7. The fourth-order valence-corrected chi connectivity index (χ4v) is 4.19. The molecule has 5 nitrogen and oxygen atoms in total. The van der Waals surface area contributed by atoms with Crippen LogP contribution in [0.3, 0.4) is 0 Å². The summed E-state index contributed by atoms with van der Waals surface area (Å²) in [5.74, 6) is 1.52. The van der Waals surface area contributed by atoms with Crippen LogP contribution >= 0.6 is 0 Å². The van der Waals surface area contributed by atoms with Crippen molar-refractivity contribution in [2.75, 3.05) is 33.8 Å². The maximum absolute atomic E-state index is 11.5. The Balaban J connectivity index is 1.77. The van der Waals surface area contributed by atoms with Crippen molar-refractivity contribution >= 4 is 17.1 Å². The van der Waals surface area contributed by atoms with Crippen LogP contribution in [0.15, 0.2) is 84.9 Å². The van der Waals surface area contributed by atoms with Crippen molar-refractivity contribution in [2.24, 2.45) is 0 Å². The van der Waals surface area contributed by atoms with Gasteiger partial charge in [0.1, 0.15) is 18.1 Å². The molecule has 0 aliphatic carbocycles. The lowest BCUT2D eigenvalue weighted by atomic mass is 9.87. The van der Waals surface area contributed by atoms with Crippen molar-refractivity contribution in [3.05, 3.63) is 107 Å². The average molecular weight is 513 g/mol. The Morgan fingerprint density at radius 1 is 0.921 bits per heavy atom. The maximum atomic E-state index is 11.5. The molecule has 3 rings (SSSR count). The fourth-order valence-electron chi connectivity index (χ4n) is 4.19. The lowest BCUT2D eigenvalue weighted by Gasteiger charge is -2.18. The van der Waals surface area contributed by atoms with Gasteiger partial charge in [-0.2, -0.15) is 0 Å². The third kappa shape index (κ3) is 8.09. The standard InChI is InChI=1S/C33H40N2O3/c1-6-31(26-11-9-25(10-12-26)24(2)3)33(27-13-17-29(36)18-14-27)28-15-19-30(20-16-28)38-23-22-34-21-7-8-32(37)35(4)5/h7-20,24,34,36H,6,21-23H2,1-5H3. The summed E-state index contributed by atoms with van der Waals surface area (Å²) in [4.78, 5) is 13.1. The van der Waals surface area contributed by atoms with Gasteiger partial charge in [0.25, 0.3) is 0 Å².